The molecule has 2 heterocycles. The average Bonchev–Trinajstić information content (AvgIpc) is 3.38. The largest absolute Gasteiger partial charge is 0.357 e. The first-order chi connectivity index (χ1) is 17.4. The normalized spacial score (nSPS) is 22.9. The topological polar surface area (TPSA) is 133 Å². The molecule has 1 saturated carbocycles. The van der Waals surface area contributed by atoms with Gasteiger partial charge in [0.25, 0.3) is 23.5 Å². The van der Waals surface area contributed by atoms with Crippen molar-refractivity contribution in [3.8, 4) is 6.07 Å². The molecule has 3 aliphatic rings. The Kier molecular flexibility index (Phi) is 6.52. The zero-order valence-corrected chi connectivity index (χ0v) is 20.5. The van der Waals surface area contributed by atoms with Gasteiger partial charge in [-0.3, -0.25) is 19.2 Å². The van der Waals surface area contributed by atoms with Crippen LogP contribution in [0.2, 0.25) is 0 Å². The van der Waals surface area contributed by atoms with Gasteiger partial charge in [-0.2, -0.15) is 5.26 Å². The highest BCUT2D eigenvalue weighted by Crippen LogP contribution is 2.46. The molecule has 1 aromatic heterocycles. The van der Waals surface area contributed by atoms with E-state index < -0.39 is 65.5 Å². The molecule has 0 aromatic carbocycles. The van der Waals surface area contributed by atoms with Gasteiger partial charge in [-0.1, -0.05) is 6.92 Å². The van der Waals surface area contributed by atoms with E-state index >= 15 is 0 Å². The highest BCUT2D eigenvalue weighted by molar-refractivity contribution is 6.44. The zero-order valence-electron chi connectivity index (χ0n) is 20.5. The van der Waals surface area contributed by atoms with Crippen molar-refractivity contribution in [3.63, 3.8) is 0 Å². The second kappa shape index (κ2) is 9.21. The lowest BCUT2D eigenvalue weighted by Crippen LogP contribution is -2.69. The van der Waals surface area contributed by atoms with Crippen molar-refractivity contribution in [2.24, 2.45) is 11.8 Å². The van der Waals surface area contributed by atoms with Gasteiger partial charge in [0.1, 0.15) is 23.0 Å². The third kappa shape index (κ3) is 4.32. The van der Waals surface area contributed by atoms with Gasteiger partial charge in [0.05, 0.1) is 11.6 Å². The number of nitriles is 1. The summed E-state index contributed by atoms with van der Waals surface area (Å²) in [5.74, 6) is -9.08. The van der Waals surface area contributed by atoms with Gasteiger partial charge in [-0.15, -0.1) is 0 Å². The van der Waals surface area contributed by atoms with Crippen LogP contribution in [0, 0.1) is 30.1 Å². The first kappa shape index (κ1) is 26.2. The summed E-state index contributed by atoms with van der Waals surface area (Å²) in [6.07, 6.45) is 1.66. The minimum Gasteiger partial charge on any atom is -0.357 e. The number of carbonyl (C=O) groups is 4. The van der Waals surface area contributed by atoms with Gasteiger partial charge in [0, 0.05) is 43.7 Å². The molecule has 0 radical (unpaired) electrons. The summed E-state index contributed by atoms with van der Waals surface area (Å²) in [7, 11) is 1.25. The molecule has 0 spiro atoms. The summed E-state index contributed by atoms with van der Waals surface area (Å²) >= 11 is 0. The van der Waals surface area contributed by atoms with Crippen LogP contribution < -0.4 is 16.0 Å². The number of nitrogens with one attached hydrogen (secondary N) is 3. The van der Waals surface area contributed by atoms with E-state index in [1.165, 1.54) is 20.0 Å². The number of hydrogen-bond donors (Lipinski definition) is 3. The summed E-state index contributed by atoms with van der Waals surface area (Å²) in [4.78, 5) is 51.7. The number of Topliss-reactive ketones (excluding diaryl/α,β-unsaturated/α-hetero) is 1. The molecule has 12 heteroatoms. The molecule has 0 bridgehead atoms. The minimum absolute atomic E-state index is 0.00944. The number of aromatic nitrogens is 1. The van der Waals surface area contributed by atoms with Crippen LogP contribution in [-0.2, 0) is 22.6 Å². The highest BCUT2D eigenvalue weighted by atomic mass is 19.3. The van der Waals surface area contributed by atoms with E-state index in [9.17, 15) is 37.6 Å². The third-order valence-electron chi connectivity index (χ3n) is 7.30. The number of hydrogen-bond acceptors (Lipinski definition) is 5. The van der Waals surface area contributed by atoms with Crippen LogP contribution in [0.3, 0.4) is 0 Å². The number of likely N-dealkylation sites (N-methyl/N-ethyl adjacent to an activating group) is 1. The number of fused-ring (bicyclic) bond motifs is 1. The Morgan fingerprint density at radius 2 is 1.86 bits per heavy atom. The van der Waals surface area contributed by atoms with Crippen molar-refractivity contribution < 1.29 is 32.3 Å². The summed E-state index contributed by atoms with van der Waals surface area (Å²) in [6.45, 7) is 3.52. The predicted octanol–water partition coefficient (Wildman–Crippen LogP) is 2.21. The van der Waals surface area contributed by atoms with Gasteiger partial charge in [0.2, 0.25) is 5.91 Å². The number of nitrogens with zero attached hydrogens (tertiary/aromatic N) is 2. The molecule has 2 atom stereocenters. The molecule has 1 fully saturated rings. The van der Waals surface area contributed by atoms with Gasteiger partial charge in [0.15, 0.2) is 0 Å². The van der Waals surface area contributed by atoms with Crippen LogP contribution in [0.25, 0.3) is 0 Å². The van der Waals surface area contributed by atoms with Crippen molar-refractivity contribution in [1.82, 2.24) is 20.5 Å². The molecule has 3 amide bonds. The molecule has 2 aliphatic carbocycles. The molecule has 37 heavy (non-hydrogen) atoms. The molecule has 1 aromatic rings. The number of alkyl halides is 2. The van der Waals surface area contributed by atoms with E-state index in [-0.39, 0.29) is 16.8 Å². The quantitative estimate of drug-likeness (QED) is 0.393. The monoisotopic (exact) mass is 517 g/mol. The second-order valence-corrected chi connectivity index (χ2v) is 9.73. The maximum absolute atomic E-state index is 13.9. The third-order valence-corrected chi connectivity index (χ3v) is 7.30. The molecule has 0 saturated heterocycles. The van der Waals surface area contributed by atoms with E-state index in [0.29, 0.717) is 30.8 Å². The number of rotatable bonds is 6. The predicted molar refractivity (Wildman–Crippen MR) is 124 cm³/mol. The van der Waals surface area contributed by atoms with Gasteiger partial charge in [-0.05, 0) is 37.5 Å². The smallest absolute Gasteiger partial charge is 0.293 e. The number of ketones is 1. The standard InChI is InChI=1S/C25H26F3N5O4/c1-12-14(9-29)15(26)6-7-16(12)31-21(35)19-13(2)18(17-5-4-8-33(17)19)20(34)22(36)32-24(23(37)30-3)10-25(27,28)11-24/h6-7,12,14H,4-5,8,10-11H2,1-3H3,(H,30,37)(H,31,35)(H,32,36). The number of allylic oxidation sites excluding steroid dienone is 4. The van der Waals surface area contributed by atoms with E-state index in [4.69, 9.17) is 0 Å². The maximum atomic E-state index is 13.9. The first-order valence-electron chi connectivity index (χ1n) is 11.8. The van der Waals surface area contributed by atoms with E-state index in [2.05, 4.69) is 16.0 Å². The van der Waals surface area contributed by atoms with Crippen LogP contribution in [0.4, 0.5) is 13.2 Å². The maximum Gasteiger partial charge on any atom is 0.293 e. The van der Waals surface area contributed by atoms with Gasteiger partial charge >= 0.3 is 0 Å². The fourth-order valence-electron chi connectivity index (χ4n) is 5.44. The molecule has 2 unspecified atom stereocenters. The fraction of sp³-hybridized carbons (Fsp3) is 0.480. The summed E-state index contributed by atoms with van der Waals surface area (Å²) < 4.78 is 42.8. The minimum atomic E-state index is -3.14. The Bertz CT molecular complexity index is 1310. The summed E-state index contributed by atoms with van der Waals surface area (Å²) in [5.41, 5.74) is -0.757. The molecule has 9 nitrogen and oxygen atoms in total. The molecule has 1 aliphatic heterocycles. The van der Waals surface area contributed by atoms with Crippen LogP contribution in [-0.4, -0.2) is 46.6 Å². The zero-order chi connectivity index (χ0) is 27.3. The molecule has 196 valence electrons. The molecular weight excluding hydrogens is 491 g/mol. The fourth-order valence-corrected chi connectivity index (χ4v) is 5.44. The highest BCUT2D eigenvalue weighted by Gasteiger charge is 2.62. The molecule has 4 rings (SSSR count). The van der Waals surface area contributed by atoms with Crippen molar-refractivity contribution in [2.75, 3.05) is 7.05 Å². The Balaban J connectivity index is 1.61. The van der Waals surface area contributed by atoms with Crippen LogP contribution >= 0.6 is 0 Å². The number of carbonyl (C=O) groups excluding carboxylic acids is 4. The Morgan fingerprint density at radius 1 is 1.19 bits per heavy atom. The van der Waals surface area contributed by atoms with Gasteiger partial charge < -0.3 is 20.5 Å². The SMILES string of the molecule is CNC(=O)C1(NC(=O)C(=O)c2c(C)c(C(=O)NC3=CC=C(F)C(C#N)C3C)n3c2CCC3)CC(F)(F)C1. The lowest BCUT2D eigenvalue weighted by Gasteiger charge is -2.45. The molecular formula is C25H26F3N5O4. The number of halogens is 3. The lowest BCUT2D eigenvalue weighted by atomic mass is 9.72. The van der Waals surface area contributed by atoms with Gasteiger partial charge in [-0.25, -0.2) is 13.2 Å². The van der Waals surface area contributed by atoms with Crippen LogP contribution in [0.15, 0.2) is 23.7 Å². The van der Waals surface area contributed by atoms with E-state index in [0.717, 1.165) is 6.08 Å². The van der Waals surface area contributed by atoms with E-state index in [1.54, 1.807) is 11.5 Å². The summed E-state index contributed by atoms with van der Waals surface area (Å²) in [6, 6.07) is 1.87. The Hall–Kier alpha value is -3.88. The second-order valence-electron chi connectivity index (χ2n) is 9.73. The van der Waals surface area contributed by atoms with Crippen molar-refractivity contribution in [2.45, 2.75) is 57.5 Å². The first-order valence-corrected chi connectivity index (χ1v) is 11.8. The van der Waals surface area contributed by atoms with Crippen molar-refractivity contribution in [3.05, 3.63) is 46.2 Å². The van der Waals surface area contributed by atoms with Crippen LogP contribution in [0.5, 0.6) is 0 Å². The summed E-state index contributed by atoms with van der Waals surface area (Å²) in [5, 5.41) is 16.4. The van der Waals surface area contributed by atoms with Crippen molar-refractivity contribution >= 4 is 23.5 Å². The Morgan fingerprint density at radius 3 is 2.46 bits per heavy atom. The average molecular weight is 518 g/mol. The molecule has 3 N–H and O–H groups in total. The Labute approximate surface area is 210 Å². The van der Waals surface area contributed by atoms with Crippen LogP contribution in [0.1, 0.15) is 58.3 Å². The lowest BCUT2D eigenvalue weighted by molar-refractivity contribution is -0.164. The van der Waals surface area contributed by atoms with E-state index in [1.807, 2.05) is 6.07 Å². The van der Waals surface area contributed by atoms with Crippen molar-refractivity contribution in [1.29, 1.82) is 5.26 Å². The number of amides is 3.